The van der Waals surface area contributed by atoms with Crippen LogP contribution < -0.4 is 5.73 Å². The predicted octanol–water partition coefficient (Wildman–Crippen LogP) is 1.65. The monoisotopic (exact) mass is 197 g/mol. The van der Waals surface area contributed by atoms with Gasteiger partial charge in [-0.1, -0.05) is 18.1 Å². The largest absolute Gasteiger partial charge is 0.384 e. The van der Waals surface area contributed by atoms with E-state index in [1.165, 1.54) is 0 Å². The van der Waals surface area contributed by atoms with Crippen LogP contribution >= 0.6 is 0 Å². The minimum atomic E-state index is 0.635. The summed E-state index contributed by atoms with van der Waals surface area (Å²) < 4.78 is 1.64. The molecule has 3 heteroatoms. The van der Waals surface area contributed by atoms with Gasteiger partial charge in [0, 0.05) is 24.2 Å². The van der Waals surface area contributed by atoms with Crippen LogP contribution in [-0.2, 0) is 7.05 Å². The summed E-state index contributed by atoms with van der Waals surface area (Å²) >= 11 is 0. The van der Waals surface area contributed by atoms with Crippen LogP contribution in [0.4, 0.5) is 5.82 Å². The topological polar surface area (TPSA) is 43.8 Å². The Morgan fingerprint density at radius 2 is 2.20 bits per heavy atom. The Bertz CT molecular complexity index is 513. The third-order valence-corrected chi connectivity index (χ3v) is 2.24. The molecule has 0 fully saturated rings. The Labute approximate surface area is 88.5 Å². The molecule has 0 unspecified atom stereocenters. The van der Waals surface area contributed by atoms with Crippen LogP contribution in [0.2, 0.25) is 0 Å². The molecule has 0 aliphatic heterocycles. The number of nitrogen functional groups attached to an aromatic ring is 1. The second-order valence-electron chi connectivity index (χ2n) is 3.30. The van der Waals surface area contributed by atoms with Gasteiger partial charge in [-0.05, 0) is 12.1 Å². The van der Waals surface area contributed by atoms with Crippen molar-refractivity contribution in [1.82, 2.24) is 9.78 Å². The zero-order valence-corrected chi connectivity index (χ0v) is 8.44. The molecule has 0 saturated heterocycles. The number of terminal acetylenes is 1. The fourth-order valence-electron chi connectivity index (χ4n) is 1.39. The van der Waals surface area contributed by atoms with Crippen LogP contribution in [0, 0.1) is 12.3 Å². The number of anilines is 1. The highest BCUT2D eigenvalue weighted by molar-refractivity contribution is 5.64. The molecule has 1 aromatic carbocycles. The van der Waals surface area contributed by atoms with Crippen LogP contribution in [0.5, 0.6) is 0 Å². The third kappa shape index (κ3) is 1.70. The highest BCUT2D eigenvalue weighted by Gasteiger charge is 2.04. The lowest BCUT2D eigenvalue weighted by molar-refractivity contribution is 0.782. The van der Waals surface area contributed by atoms with Crippen molar-refractivity contribution in [2.24, 2.45) is 7.05 Å². The molecule has 0 spiro atoms. The fourth-order valence-corrected chi connectivity index (χ4v) is 1.39. The number of nitrogens with zero attached hydrogens (tertiary/aromatic N) is 2. The molecule has 0 atom stereocenters. The van der Waals surface area contributed by atoms with E-state index in [0.717, 1.165) is 16.8 Å². The van der Waals surface area contributed by atoms with Crippen molar-refractivity contribution in [3.05, 3.63) is 35.9 Å². The van der Waals surface area contributed by atoms with Gasteiger partial charge >= 0.3 is 0 Å². The summed E-state index contributed by atoms with van der Waals surface area (Å²) in [6, 6.07) is 9.51. The van der Waals surface area contributed by atoms with Crippen LogP contribution in [0.3, 0.4) is 0 Å². The average Bonchev–Trinajstić information content (AvgIpc) is 2.59. The molecule has 1 aromatic heterocycles. The number of hydrogen-bond donors (Lipinski definition) is 1. The van der Waals surface area contributed by atoms with Crippen LogP contribution in [0.15, 0.2) is 30.3 Å². The summed E-state index contributed by atoms with van der Waals surface area (Å²) in [5, 5.41) is 4.28. The van der Waals surface area contributed by atoms with Gasteiger partial charge in [0.15, 0.2) is 0 Å². The number of hydrogen-bond acceptors (Lipinski definition) is 2. The molecule has 0 amide bonds. The lowest BCUT2D eigenvalue weighted by Gasteiger charge is -1.96. The maximum absolute atomic E-state index is 5.71. The standard InChI is InChI=1S/C12H11N3/c1-3-9-5-4-6-10(7-9)11-8-12(13)15(2)14-11/h1,4-8H,13H2,2H3. The summed E-state index contributed by atoms with van der Waals surface area (Å²) in [6.07, 6.45) is 5.33. The van der Waals surface area contributed by atoms with Gasteiger partial charge in [-0.15, -0.1) is 6.42 Å². The van der Waals surface area contributed by atoms with E-state index in [2.05, 4.69) is 11.0 Å². The van der Waals surface area contributed by atoms with Crippen LogP contribution in [0.25, 0.3) is 11.3 Å². The number of rotatable bonds is 1. The Balaban J connectivity index is 2.50. The normalized spacial score (nSPS) is 9.87. The molecule has 0 bridgehead atoms. The molecule has 2 aromatic rings. The molecule has 2 rings (SSSR count). The molecular formula is C12H11N3. The quantitative estimate of drug-likeness (QED) is 0.706. The van der Waals surface area contributed by atoms with Crippen molar-refractivity contribution in [2.75, 3.05) is 5.73 Å². The van der Waals surface area contributed by atoms with E-state index < -0.39 is 0 Å². The van der Waals surface area contributed by atoms with E-state index in [1.807, 2.05) is 37.4 Å². The minimum Gasteiger partial charge on any atom is -0.384 e. The zero-order chi connectivity index (χ0) is 10.8. The fraction of sp³-hybridized carbons (Fsp3) is 0.0833. The van der Waals surface area contributed by atoms with E-state index in [9.17, 15) is 0 Å². The third-order valence-electron chi connectivity index (χ3n) is 2.24. The maximum Gasteiger partial charge on any atom is 0.121 e. The molecule has 0 aliphatic rings. The number of benzene rings is 1. The molecule has 0 saturated carbocycles. The molecule has 74 valence electrons. The smallest absolute Gasteiger partial charge is 0.121 e. The Morgan fingerprint density at radius 1 is 1.40 bits per heavy atom. The molecule has 3 nitrogen and oxygen atoms in total. The van der Waals surface area contributed by atoms with E-state index in [0.29, 0.717) is 5.82 Å². The molecule has 1 heterocycles. The van der Waals surface area contributed by atoms with E-state index in [4.69, 9.17) is 12.2 Å². The first-order chi connectivity index (χ1) is 7.20. The number of nitrogens with two attached hydrogens (primary N) is 1. The van der Waals surface area contributed by atoms with Gasteiger partial charge in [-0.25, -0.2) is 0 Å². The predicted molar refractivity (Wildman–Crippen MR) is 61.0 cm³/mol. The van der Waals surface area contributed by atoms with Crippen molar-refractivity contribution >= 4 is 5.82 Å². The van der Waals surface area contributed by atoms with Crippen molar-refractivity contribution in [3.8, 4) is 23.6 Å². The van der Waals surface area contributed by atoms with Crippen molar-refractivity contribution in [1.29, 1.82) is 0 Å². The number of aromatic nitrogens is 2. The molecule has 0 aliphatic carbocycles. The van der Waals surface area contributed by atoms with Gasteiger partial charge in [-0.3, -0.25) is 4.68 Å². The molecule has 0 radical (unpaired) electrons. The summed E-state index contributed by atoms with van der Waals surface area (Å²) in [4.78, 5) is 0. The van der Waals surface area contributed by atoms with Crippen molar-refractivity contribution < 1.29 is 0 Å². The van der Waals surface area contributed by atoms with Gasteiger partial charge in [0.25, 0.3) is 0 Å². The summed E-state index contributed by atoms with van der Waals surface area (Å²) in [5.74, 6) is 3.23. The van der Waals surface area contributed by atoms with E-state index in [-0.39, 0.29) is 0 Å². The van der Waals surface area contributed by atoms with Crippen LogP contribution in [-0.4, -0.2) is 9.78 Å². The minimum absolute atomic E-state index is 0.635. The highest BCUT2D eigenvalue weighted by atomic mass is 15.3. The van der Waals surface area contributed by atoms with Gasteiger partial charge in [-0.2, -0.15) is 5.10 Å². The number of aryl methyl sites for hydroxylation is 1. The summed E-state index contributed by atoms with van der Waals surface area (Å²) in [7, 11) is 1.81. The van der Waals surface area contributed by atoms with Gasteiger partial charge in [0.05, 0.1) is 5.69 Å². The van der Waals surface area contributed by atoms with Crippen LogP contribution in [0.1, 0.15) is 5.56 Å². The second kappa shape index (κ2) is 3.50. The molecule has 2 N–H and O–H groups in total. The summed E-state index contributed by atoms with van der Waals surface area (Å²) in [6.45, 7) is 0. The molecule has 15 heavy (non-hydrogen) atoms. The lowest BCUT2D eigenvalue weighted by atomic mass is 10.1. The summed E-state index contributed by atoms with van der Waals surface area (Å²) in [5.41, 5.74) is 8.38. The second-order valence-corrected chi connectivity index (χ2v) is 3.30. The Kier molecular flexibility index (Phi) is 2.18. The molecular weight excluding hydrogens is 186 g/mol. The Hall–Kier alpha value is -2.21. The van der Waals surface area contributed by atoms with Gasteiger partial charge < -0.3 is 5.73 Å². The van der Waals surface area contributed by atoms with E-state index in [1.54, 1.807) is 4.68 Å². The lowest BCUT2D eigenvalue weighted by Crippen LogP contribution is -1.96. The first kappa shape index (κ1) is 9.35. The van der Waals surface area contributed by atoms with Gasteiger partial charge in [0.2, 0.25) is 0 Å². The van der Waals surface area contributed by atoms with Crippen molar-refractivity contribution in [3.63, 3.8) is 0 Å². The first-order valence-electron chi connectivity index (χ1n) is 4.57. The van der Waals surface area contributed by atoms with E-state index >= 15 is 0 Å². The zero-order valence-electron chi connectivity index (χ0n) is 8.44. The highest BCUT2D eigenvalue weighted by Crippen LogP contribution is 2.20. The van der Waals surface area contributed by atoms with Crippen molar-refractivity contribution in [2.45, 2.75) is 0 Å². The maximum atomic E-state index is 5.71. The Morgan fingerprint density at radius 3 is 2.80 bits per heavy atom. The average molecular weight is 197 g/mol. The van der Waals surface area contributed by atoms with Gasteiger partial charge in [0.1, 0.15) is 5.82 Å². The SMILES string of the molecule is C#Cc1cccc(-c2cc(N)n(C)n2)c1. The first-order valence-corrected chi connectivity index (χ1v) is 4.57.